The van der Waals surface area contributed by atoms with Crippen molar-refractivity contribution >= 4 is 49.0 Å². The molecular formula is C23H17Cl2F10N2O2P. The van der Waals surface area contributed by atoms with Gasteiger partial charge in [-0.15, -0.1) is 0 Å². The van der Waals surface area contributed by atoms with Crippen molar-refractivity contribution in [2.24, 2.45) is 0 Å². The Balaban J connectivity index is 1.94. The van der Waals surface area contributed by atoms with E-state index in [-0.39, 0.29) is 35.0 Å². The standard InChI is InChI=1S/C23H17Cl2F10N2O2P/c24-13-5-12(6-14(25)8-13)16(22(27,28)29)9-18(26)11-1-2-15(17(7-11)23(30,31)32)19(38)37-21(3-4-21)20(39)36-10-40(33,34)35/h1-2,5-9,16,40H,3-4,10H2,(H,36,39)(H,37,38)/b18-9-. The zero-order valence-corrected chi connectivity index (χ0v) is 22.1. The molecule has 1 aliphatic carbocycles. The average Bonchev–Trinajstić information content (AvgIpc) is 3.58. The summed E-state index contributed by atoms with van der Waals surface area (Å²) in [6.07, 6.45) is -12.3. The molecule has 2 aromatic rings. The van der Waals surface area contributed by atoms with Gasteiger partial charge in [0.05, 0.1) is 0 Å². The third kappa shape index (κ3) is 8.01. The van der Waals surface area contributed by atoms with E-state index in [1.54, 1.807) is 5.32 Å². The van der Waals surface area contributed by atoms with Gasteiger partial charge in [-0.3, -0.25) is 0 Å². The van der Waals surface area contributed by atoms with Crippen LogP contribution >= 0.6 is 31.4 Å². The summed E-state index contributed by atoms with van der Waals surface area (Å²) in [6, 6.07) is 4.02. The molecule has 1 atom stereocenters. The van der Waals surface area contributed by atoms with Crippen LogP contribution in [0.3, 0.4) is 0 Å². The molecule has 0 aromatic heterocycles. The van der Waals surface area contributed by atoms with Crippen LogP contribution in [0.4, 0.5) is 43.3 Å². The molecule has 0 heterocycles. The van der Waals surface area contributed by atoms with Crippen molar-refractivity contribution in [2.45, 2.75) is 36.7 Å². The second-order valence-corrected chi connectivity index (χ2v) is 11.3. The first-order chi connectivity index (χ1) is 18.2. The van der Waals surface area contributed by atoms with Crippen molar-refractivity contribution in [3.05, 3.63) is 74.8 Å². The molecule has 220 valence electrons. The Kier molecular flexibility index (Phi) is 9.08. The topological polar surface area (TPSA) is 58.2 Å². The Morgan fingerprint density at radius 3 is 2.02 bits per heavy atom. The second-order valence-electron chi connectivity index (χ2n) is 8.83. The minimum atomic E-state index is -6.19. The number of rotatable bonds is 8. The maximum atomic E-state index is 15.0. The van der Waals surface area contributed by atoms with E-state index in [0.717, 1.165) is 18.2 Å². The van der Waals surface area contributed by atoms with Crippen molar-refractivity contribution in [3.63, 3.8) is 0 Å². The van der Waals surface area contributed by atoms with E-state index in [0.29, 0.717) is 12.1 Å². The molecule has 0 spiro atoms. The summed E-state index contributed by atoms with van der Waals surface area (Å²) in [5, 5.41) is 3.17. The van der Waals surface area contributed by atoms with Gasteiger partial charge in [-0.25, -0.2) is 0 Å². The molecule has 40 heavy (non-hydrogen) atoms. The summed E-state index contributed by atoms with van der Waals surface area (Å²) in [6.45, 7) is 0. The summed E-state index contributed by atoms with van der Waals surface area (Å²) >= 11 is 11.4. The van der Waals surface area contributed by atoms with Crippen molar-refractivity contribution in [2.75, 3.05) is 6.29 Å². The molecule has 2 amide bonds. The minimum absolute atomic E-state index is 0.0186. The predicted molar refractivity (Wildman–Crippen MR) is 130 cm³/mol. The van der Waals surface area contributed by atoms with E-state index in [1.165, 1.54) is 0 Å². The normalized spacial score (nSPS) is 16.8. The zero-order chi connectivity index (χ0) is 30.3. The summed E-state index contributed by atoms with van der Waals surface area (Å²) in [4.78, 5) is 24.7. The fourth-order valence-corrected chi connectivity index (χ4v) is 4.57. The first-order valence-electron chi connectivity index (χ1n) is 11.0. The second kappa shape index (κ2) is 11.4. The average molecular weight is 645 g/mol. The number of nitrogens with one attached hydrogen (secondary N) is 2. The Hall–Kier alpha value is -2.57. The number of amides is 2. The molecule has 0 bridgehead atoms. The molecule has 2 N–H and O–H groups in total. The van der Waals surface area contributed by atoms with Gasteiger partial charge in [-0.2, -0.15) is 13.2 Å². The van der Waals surface area contributed by atoms with Gasteiger partial charge in [0, 0.05) is 10.0 Å². The number of carbonyl (C=O) groups excluding carboxylic acids is 2. The molecule has 0 aliphatic heterocycles. The van der Waals surface area contributed by atoms with Crippen LogP contribution in [0.2, 0.25) is 10.0 Å². The van der Waals surface area contributed by atoms with Crippen molar-refractivity contribution in [3.8, 4) is 0 Å². The van der Waals surface area contributed by atoms with E-state index in [9.17, 15) is 52.9 Å². The van der Waals surface area contributed by atoms with Crippen molar-refractivity contribution in [1.29, 1.82) is 0 Å². The van der Waals surface area contributed by atoms with Crippen LogP contribution in [0.15, 0.2) is 42.5 Å². The van der Waals surface area contributed by atoms with E-state index in [4.69, 9.17) is 23.2 Å². The number of alkyl halides is 6. The number of allylic oxidation sites excluding steroid dienone is 1. The summed E-state index contributed by atoms with van der Waals surface area (Å²) in [7, 11) is -6.19. The van der Waals surface area contributed by atoms with Crippen LogP contribution in [0.1, 0.15) is 45.8 Å². The first-order valence-corrected chi connectivity index (χ1v) is 13.6. The quantitative estimate of drug-likeness (QED) is 0.224. The van der Waals surface area contributed by atoms with E-state index >= 15 is 0 Å². The third-order valence-electron chi connectivity index (χ3n) is 5.74. The molecule has 0 saturated heterocycles. The van der Waals surface area contributed by atoms with E-state index < -0.39 is 78.2 Å². The number of hydrogen-bond donors (Lipinski definition) is 2. The molecule has 2 aromatic carbocycles. The van der Waals surface area contributed by atoms with Gasteiger partial charge < -0.3 is 0 Å². The van der Waals surface area contributed by atoms with Gasteiger partial charge in [0.2, 0.25) is 0 Å². The van der Waals surface area contributed by atoms with Crippen molar-refractivity contribution < 1.29 is 52.9 Å². The van der Waals surface area contributed by atoms with Crippen molar-refractivity contribution in [1.82, 2.24) is 10.6 Å². The number of carbonyl (C=O) groups is 2. The Bertz CT molecular complexity index is 1320. The predicted octanol–water partition coefficient (Wildman–Crippen LogP) is 8.41. The summed E-state index contributed by atoms with van der Waals surface area (Å²) < 4.78 is 135. The number of halogens is 12. The number of hydrogen-bond acceptors (Lipinski definition) is 2. The van der Waals surface area contributed by atoms with Crippen LogP contribution in [0.25, 0.3) is 5.83 Å². The van der Waals surface area contributed by atoms with Gasteiger partial charge >= 0.3 is 154 Å². The Labute approximate surface area is 230 Å². The van der Waals surface area contributed by atoms with Crippen LogP contribution in [-0.4, -0.2) is 29.8 Å². The molecule has 4 nitrogen and oxygen atoms in total. The molecule has 17 heteroatoms. The van der Waals surface area contributed by atoms with Gasteiger partial charge in [0.25, 0.3) is 0 Å². The molecule has 1 saturated carbocycles. The van der Waals surface area contributed by atoms with Crippen LogP contribution in [-0.2, 0) is 11.0 Å². The monoisotopic (exact) mass is 644 g/mol. The Morgan fingerprint density at radius 1 is 0.975 bits per heavy atom. The SMILES string of the molecule is O=C(NC1(C(=O)NC[PH](F)(F)F)CC1)c1ccc(/C(F)=C/C(c2cc(Cl)cc(Cl)c2)C(F)(F)F)cc1C(F)(F)F. The fraction of sp³-hybridized carbons (Fsp3) is 0.304. The number of benzene rings is 2. The maximum absolute atomic E-state index is 15.0. The van der Waals surface area contributed by atoms with Gasteiger partial charge in [0.1, 0.15) is 5.92 Å². The van der Waals surface area contributed by atoms with Gasteiger partial charge in [-0.05, 0) is 23.8 Å². The first kappa shape index (κ1) is 32.0. The fourth-order valence-electron chi connectivity index (χ4n) is 3.67. The molecule has 1 unspecified atom stereocenters. The van der Waals surface area contributed by atoms with Gasteiger partial charge in [0.15, 0.2) is 0 Å². The molecular weight excluding hydrogens is 628 g/mol. The van der Waals surface area contributed by atoms with Crippen LogP contribution in [0, 0.1) is 0 Å². The molecule has 1 aliphatic rings. The zero-order valence-electron chi connectivity index (χ0n) is 19.6. The van der Waals surface area contributed by atoms with E-state index in [2.05, 4.69) is 0 Å². The van der Waals surface area contributed by atoms with E-state index in [1.807, 2.05) is 5.32 Å². The molecule has 3 rings (SSSR count). The molecule has 0 radical (unpaired) electrons. The molecule has 1 fully saturated rings. The van der Waals surface area contributed by atoms with Crippen LogP contribution in [0.5, 0.6) is 0 Å². The summed E-state index contributed by atoms with van der Waals surface area (Å²) in [5.41, 5.74) is -6.28. The van der Waals surface area contributed by atoms with Gasteiger partial charge in [-0.1, -0.05) is 23.2 Å². The summed E-state index contributed by atoms with van der Waals surface area (Å²) in [5.74, 6) is -7.11. The van der Waals surface area contributed by atoms with Crippen LogP contribution < -0.4 is 10.6 Å². The Morgan fingerprint density at radius 2 is 1.55 bits per heavy atom. The third-order valence-corrected chi connectivity index (χ3v) is 6.76.